The van der Waals surface area contributed by atoms with Crippen LogP contribution >= 0.6 is 0 Å². The summed E-state index contributed by atoms with van der Waals surface area (Å²) >= 11 is 0. The normalized spacial score (nSPS) is 18.1. The molecule has 1 aliphatic rings. The summed E-state index contributed by atoms with van der Waals surface area (Å²) in [5.41, 5.74) is 0.841. The number of nitrogens with zero attached hydrogens (tertiary/aromatic N) is 2. The Balaban J connectivity index is 1.97. The molecule has 8 nitrogen and oxygen atoms in total. The molecule has 0 amide bonds. The predicted octanol–water partition coefficient (Wildman–Crippen LogP) is 1.21. The molecule has 1 saturated heterocycles. The fourth-order valence-electron chi connectivity index (χ4n) is 3.07. The molecule has 1 atom stereocenters. The molecule has 2 aromatic rings. The Morgan fingerprint density at radius 2 is 2.00 bits per heavy atom. The monoisotopic (exact) mass is 391 g/mol. The zero-order valence-corrected chi connectivity index (χ0v) is 15.9. The smallest absolute Gasteiger partial charge is 0.356 e. The van der Waals surface area contributed by atoms with Crippen molar-refractivity contribution in [2.75, 3.05) is 33.9 Å². The van der Waals surface area contributed by atoms with Crippen molar-refractivity contribution < 1.29 is 22.7 Å². The van der Waals surface area contributed by atoms with Crippen molar-refractivity contribution in [1.29, 1.82) is 0 Å². The van der Waals surface area contributed by atoms with E-state index in [0.29, 0.717) is 25.4 Å². The molecule has 144 valence electrons. The van der Waals surface area contributed by atoms with Gasteiger partial charge in [0.05, 0.1) is 20.3 Å². The lowest BCUT2D eigenvalue weighted by Gasteiger charge is -2.35. The first-order valence-electron chi connectivity index (χ1n) is 8.39. The molecule has 0 spiro atoms. The van der Waals surface area contributed by atoms with Gasteiger partial charge in [-0.15, -0.1) is 0 Å². The van der Waals surface area contributed by atoms with E-state index in [1.165, 1.54) is 29.7 Å². The van der Waals surface area contributed by atoms with E-state index in [1.807, 2.05) is 18.2 Å². The lowest BCUT2D eigenvalue weighted by molar-refractivity contribution is 0.0594. The second-order valence-corrected chi connectivity index (χ2v) is 7.84. The third-order valence-electron chi connectivity index (χ3n) is 4.43. The Hall–Kier alpha value is -2.49. The van der Waals surface area contributed by atoms with Crippen LogP contribution in [0.1, 0.15) is 22.1 Å². The van der Waals surface area contributed by atoms with Crippen molar-refractivity contribution in [2.24, 2.45) is 0 Å². The maximum atomic E-state index is 13.2. The molecule has 1 aromatic heterocycles. The molecular weight excluding hydrogens is 370 g/mol. The summed E-state index contributed by atoms with van der Waals surface area (Å²) in [5.74, 6) is 0.0126. The van der Waals surface area contributed by atoms with Crippen molar-refractivity contribution in [3.63, 3.8) is 0 Å². The molecule has 1 fully saturated rings. The SMILES string of the molecule is COC(=O)c1ccc(S(=O)(=O)N2CCNCC2c2ccccc2OC)cn1. The molecule has 2 heterocycles. The second kappa shape index (κ2) is 8.03. The van der Waals surface area contributed by atoms with Gasteiger partial charge < -0.3 is 14.8 Å². The minimum Gasteiger partial charge on any atom is -0.496 e. The highest BCUT2D eigenvalue weighted by Crippen LogP contribution is 2.33. The lowest BCUT2D eigenvalue weighted by Crippen LogP contribution is -2.48. The Morgan fingerprint density at radius 3 is 2.67 bits per heavy atom. The van der Waals surface area contributed by atoms with Crippen molar-refractivity contribution in [3.05, 3.63) is 53.9 Å². The second-order valence-electron chi connectivity index (χ2n) is 5.95. The van der Waals surface area contributed by atoms with Crippen molar-refractivity contribution in [1.82, 2.24) is 14.6 Å². The summed E-state index contributed by atoms with van der Waals surface area (Å²) in [6.45, 7) is 1.32. The third-order valence-corrected chi connectivity index (χ3v) is 6.32. The Morgan fingerprint density at radius 1 is 1.22 bits per heavy atom. The van der Waals surface area contributed by atoms with Crippen LogP contribution in [0.15, 0.2) is 47.5 Å². The van der Waals surface area contributed by atoms with Gasteiger partial charge in [-0.2, -0.15) is 4.31 Å². The third kappa shape index (κ3) is 3.80. The van der Waals surface area contributed by atoms with E-state index in [4.69, 9.17) is 4.74 Å². The van der Waals surface area contributed by atoms with Gasteiger partial charge in [0.15, 0.2) is 0 Å². The molecule has 0 bridgehead atoms. The van der Waals surface area contributed by atoms with E-state index in [0.717, 1.165) is 5.56 Å². The van der Waals surface area contributed by atoms with Gasteiger partial charge in [-0.3, -0.25) is 0 Å². The number of ether oxygens (including phenoxy) is 2. The van der Waals surface area contributed by atoms with Gasteiger partial charge in [0.25, 0.3) is 0 Å². The summed E-state index contributed by atoms with van der Waals surface area (Å²) in [5, 5.41) is 3.23. The number of methoxy groups -OCH3 is 2. The summed E-state index contributed by atoms with van der Waals surface area (Å²) < 4.78 is 37.9. The van der Waals surface area contributed by atoms with Crippen molar-refractivity contribution in [3.8, 4) is 5.75 Å². The topological polar surface area (TPSA) is 97.8 Å². The van der Waals surface area contributed by atoms with Crippen LogP contribution in [0.3, 0.4) is 0 Å². The van der Waals surface area contributed by atoms with Gasteiger partial charge in [0.2, 0.25) is 10.0 Å². The standard InChI is InChI=1S/C18H21N3O5S/c1-25-17-6-4-3-5-14(17)16-12-19-9-10-21(16)27(23,24)13-7-8-15(20-11-13)18(22)26-2/h3-8,11,16,19H,9-10,12H2,1-2H3. The number of hydrogen-bond donors (Lipinski definition) is 1. The van der Waals surface area contributed by atoms with Crippen LogP contribution in [0.2, 0.25) is 0 Å². The maximum absolute atomic E-state index is 13.2. The van der Waals surface area contributed by atoms with Crippen LogP contribution in [0.5, 0.6) is 5.75 Å². The summed E-state index contributed by atoms with van der Waals surface area (Å²) in [6.07, 6.45) is 1.18. The predicted molar refractivity (Wildman–Crippen MR) is 98.1 cm³/mol. The average molecular weight is 391 g/mol. The highest BCUT2D eigenvalue weighted by molar-refractivity contribution is 7.89. The first-order valence-corrected chi connectivity index (χ1v) is 9.83. The molecule has 0 aliphatic carbocycles. The molecule has 1 N–H and O–H groups in total. The van der Waals surface area contributed by atoms with Gasteiger partial charge in [0.1, 0.15) is 16.3 Å². The number of aromatic nitrogens is 1. The molecule has 9 heteroatoms. The van der Waals surface area contributed by atoms with Crippen molar-refractivity contribution in [2.45, 2.75) is 10.9 Å². The van der Waals surface area contributed by atoms with Crippen LogP contribution in [0.25, 0.3) is 0 Å². The van der Waals surface area contributed by atoms with Gasteiger partial charge in [-0.05, 0) is 18.2 Å². The van der Waals surface area contributed by atoms with E-state index < -0.39 is 22.0 Å². The number of rotatable bonds is 5. The Labute approximate surface area is 158 Å². The number of benzene rings is 1. The van der Waals surface area contributed by atoms with E-state index in [9.17, 15) is 13.2 Å². The van der Waals surface area contributed by atoms with Gasteiger partial charge in [0, 0.05) is 31.4 Å². The number of piperazine rings is 1. The Bertz CT molecular complexity index is 915. The fourth-order valence-corrected chi connectivity index (χ4v) is 4.63. The first kappa shape index (κ1) is 19.3. The molecule has 1 unspecified atom stereocenters. The average Bonchev–Trinajstić information content (AvgIpc) is 2.73. The van der Waals surface area contributed by atoms with E-state index >= 15 is 0 Å². The molecular formula is C18H21N3O5S. The number of hydrogen-bond acceptors (Lipinski definition) is 7. The quantitative estimate of drug-likeness (QED) is 0.765. The molecule has 3 rings (SSSR count). The highest BCUT2D eigenvalue weighted by Gasteiger charge is 2.36. The van der Waals surface area contributed by atoms with Crippen LogP contribution in [-0.2, 0) is 14.8 Å². The maximum Gasteiger partial charge on any atom is 0.356 e. The number of carbonyl (C=O) groups excluding carboxylic acids is 1. The number of sulfonamides is 1. The zero-order valence-electron chi connectivity index (χ0n) is 15.1. The first-order chi connectivity index (χ1) is 13.0. The Kier molecular flexibility index (Phi) is 5.73. The molecule has 1 aromatic carbocycles. The fraction of sp³-hybridized carbons (Fsp3) is 0.333. The number of esters is 1. The van der Waals surface area contributed by atoms with E-state index in [-0.39, 0.29) is 10.6 Å². The largest absolute Gasteiger partial charge is 0.496 e. The molecule has 1 aliphatic heterocycles. The highest BCUT2D eigenvalue weighted by atomic mass is 32.2. The minimum atomic E-state index is -3.81. The number of nitrogens with one attached hydrogen (secondary N) is 1. The van der Waals surface area contributed by atoms with Crippen molar-refractivity contribution >= 4 is 16.0 Å². The van der Waals surface area contributed by atoms with Gasteiger partial charge in [-0.1, -0.05) is 18.2 Å². The summed E-state index contributed by atoms with van der Waals surface area (Å²) in [6, 6.07) is 9.66. The molecule has 0 saturated carbocycles. The van der Waals surface area contributed by atoms with E-state index in [2.05, 4.69) is 15.0 Å². The minimum absolute atomic E-state index is 0.0250. The van der Waals surface area contributed by atoms with E-state index in [1.54, 1.807) is 13.2 Å². The van der Waals surface area contributed by atoms with Crippen LogP contribution in [-0.4, -0.2) is 57.5 Å². The molecule has 0 radical (unpaired) electrons. The van der Waals surface area contributed by atoms with Crippen LogP contribution in [0.4, 0.5) is 0 Å². The summed E-state index contributed by atoms with van der Waals surface area (Å²) in [4.78, 5) is 15.5. The van der Waals surface area contributed by atoms with Gasteiger partial charge in [-0.25, -0.2) is 18.2 Å². The zero-order chi connectivity index (χ0) is 19.4. The number of para-hydroxylation sites is 1. The van der Waals surface area contributed by atoms with Gasteiger partial charge >= 0.3 is 5.97 Å². The van der Waals surface area contributed by atoms with Crippen LogP contribution < -0.4 is 10.1 Å². The number of carbonyl (C=O) groups is 1. The summed E-state index contributed by atoms with van der Waals surface area (Å²) in [7, 11) is -1.01. The molecule has 27 heavy (non-hydrogen) atoms. The number of pyridine rings is 1. The lowest BCUT2D eigenvalue weighted by atomic mass is 10.0. The van der Waals surface area contributed by atoms with Crippen LogP contribution in [0, 0.1) is 0 Å².